The Morgan fingerprint density at radius 1 is 0.359 bits per heavy atom. The second-order valence-electron chi connectivity index (χ2n) is 20.6. The van der Waals surface area contributed by atoms with E-state index in [1.165, 1.54) is 143 Å². The number of hydrogen-bond donors (Lipinski definition) is 0. The topological polar surface area (TPSA) is 57.4 Å². The van der Waals surface area contributed by atoms with Crippen molar-refractivity contribution in [3.8, 4) is 39.7 Å². The Bertz CT molecular complexity index is 5010. The molecule has 18 rings (SSSR count). The SMILES string of the molecule is Brc1ccc2c(c1)C1(c3ccccc3-2)c2ccccc2-n2c3ccc4ccccc4c3c3cccc1c32.N#Cc1ccc2c(c1)C1(c3ccccc3-2)c2ccccc2-n2c3ccc4ccccc4c3c3cccc1c32.[C-]#N.[Cu+]. The minimum atomic E-state index is -0.505. The van der Waals surface area contributed by atoms with Crippen LogP contribution in [0.15, 0.2) is 247 Å². The van der Waals surface area contributed by atoms with Crippen molar-refractivity contribution in [1.29, 1.82) is 10.5 Å². The average molecular weight is 1100 g/mol. The van der Waals surface area contributed by atoms with Crippen LogP contribution in [0.2, 0.25) is 0 Å². The van der Waals surface area contributed by atoms with Gasteiger partial charge in [0.15, 0.2) is 0 Å². The van der Waals surface area contributed by atoms with Crippen LogP contribution in [0.25, 0.3) is 98.8 Å². The number of nitriles is 1. The Labute approximate surface area is 468 Å². The molecule has 2 aliphatic carbocycles. The number of hydrogen-bond acceptors (Lipinski definition) is 2. The first-order valence-corrected chi connectivity index (χ1v) is 26.8. The van der Waals surface area contributed by atoms with E-state index in [-0.39, 0.29) is 22.5 Å². The first kappa shape index (κ1) is 46.1. The number of aromatic nitrogens is 2. The largest absolute Gasteiger partial charge is 1.00 e. The van der Waals surface area contributed by atoms with E-state index in [4.69, 9.17) is 11.8 Å². The van der Waals surface area contributed by atoms with Gasteiger partial charge in [0.25, 0.3) is 0 Å². The Balaban J connectivity index is 0.000000130. The normalized spacial score (nSPS) is 16.1. The fourth-order valence-electron chi connectivity index (χ4n) is 14.8. The van der Waals surface area contributed by atoms with Gasteiger partial charge in [-0.2, -0.15) is 5.26 Å². The molecule has 0 fully saturated rings. The van der Waals surface area contributed by atoms with Crippen LogP contribution in [0.5, 0.6) is 0 Å². The van der Waals surface area contributed by atoms with Crippen molar-refractivity contribution in [1.82, 2.24) is 9.13 Å². The van der Waals surface area contributed by atoms with Crippen molar-refractivity contribution in [2.45, 2.75) is 10.8 Å². The fourth-order valence-corrected chi connectivity index (χ4v) is 15.2. The monoisotopic (exact) mass is 1100 g/mol. The molecule has 0 saturated carbocycles. The molecule has 12 aromatic carbocycles. The fraction of sp³-hybridized carbons (Fsp3) is 0.0278. The Hall–Kier alpha value is -9.26. The Kier molecular flexibility index (Phi) is 9.96. The molecule has 2 aromatic heterocycles. The molecule has 2 atom stereocenters. The van der Waals surface area contributed by atoms with Crippen molar-refractivity contribution in [2.24, 2.45) is 0 Å². The van der Waals surface area contributed by atoms with Crippen LogP contribution in [-0.2, 0) is 27.9 Å². The Morgan fingerprint density at radius 3 is 1.27 bits per heavy atom. The third-order valence-electron chi connectivity index (χ3n) is 17.4. The van der Waals surface area contributed by atoms with Crippen LogP contribution in [0.1, 0.15) is 50.1 Å². The molecule has 4 aliphatic rings. The van der Waals surface area contributed by atoms with Gasteiger partial charge in [0.05, 0.1) is 55.9 Å². The van der Waals surface area contributed by atoms with E-state index in [1.807, 2.05) is 6.07 Å². The summed E-state index contributed by atoms with van der Waals surface area (Å²) in [6.45, 7) is 4.75. The number of benzene rings is 12. The molecule has 2 unspecified atom stereocenters. The first-order valence-electron chi connectivity index (χ1n) is 26.0. The summed E-state index contributed by atoms with van der Waals surface area (Å²) in [6.07, 6.45) is 0. The maximum absolute atomic E-state index is 9.92. The molecule has 78 heavy (non-hydrogen) atoms. The molecule has 14 aromatic rings. The number of halogens is 1. The minimum absolute atomic E-state index is 0. The zero-order chi connectivity index (χ0) is 51.3. The first-order chi connectivity index (χ1) is 38.1. The van der Waals surface area contributed by atoms with Gasteiger partial charge in [0, 0.05) is 26.0 Å². The molecular weight excluding hydrogens is 1060 g/mol. The van der Waals surface area contributed by atoms with Crippen LogP contribution in [0, 0.1) is 23.2 Å². The second-order valence-corrected chi connectivity index (χ2v) is 21.5. The van der Waals surface area contributed by atoms with Crippen molar-refractivity contribution >= 4 is 81.1 Å². The molecule has 4 heterocycles. The van der Waals surface area contributed by atoms with Crippen molar-refractivity contribution in [3.05, 3.63) is 304 Å². The average Bonchev–Trinajstić information content (AvgIpc) is 3.97. The van der Waals surface area contributed by atoms with Gasteiger partial charge >= 0.3 is 17.1 Å². The van der Waals surface area contributed by atoms with Crippen molar-refractivity contribution < 1.29 is 17.1 Å². The van der Waals surface area contributed by atoms with Crippen LogP contribution >= 0.6 is 15.9 Å². The predicted octanol–water partition coefficient (Wildman–Crippen LogP) is 18.0. The van der Waals surface area contributed by atoms with Crippen molar-refractivity contribution in [3.63, 3.8) is 0 Å². The number of nitrogens with zero attached hydrogens (tertiary/aromatic N) is 4. The molecule has 2 spiro atoms. The van der Waals surface area contributed by atoms with Crippen LogP contribution in [0.3, 0.4) is 0 Å². The smallest absolute Gasteiger partial charge is 0.512 e. The van der Waals surface area contributed by atoms with Gasteiger partial charge in [-0.1, -0.05) is 210 Å². The molecular formula is C72H40BrCuN4. The van der Waals surface area contributed by atoms with Crippen LogP contribution < -0.4 is 0 Å². The van der Waals surface area contributed by atoms with E-state index in [0.717, 1.165) is 4.47 Å². The Morgan fingerprint density at radius 2 is 0.756 bits per heavy atom. The van der Waals surface area contributed by atoms with E-state index in [1.54, 1.807) is 0 Å². The molecule has 2 aliphatic heterocycles. The molecule has 0 amide bonds. The summed E-state index contributed by atoms with van der Waals surface area (Å²) < 4.78 is 6.10. The van der Waals surface area contributed by atoms with E-state index in [9.17, 15) is 5.26 Å². The summed E-state index contributed by atoms with van der Waals surface area (Å²) in [5.74, 6) is 0. The van der Waals surface area contributed by atoms with Gasteiger partial charge in [-0.25, -0.2) is 0 Å². The molecule has 0 saturated heterocycles. The van der Waals surface area contributed by atoms with E-state index >= 15 is 0 Å². The second kappa shape index (κ2) is 16.9. The third kappa shape index (κ3) is 5.61. The number of fused-ring (bicyclic) bond motifs is 28. The van der Waals surface area contributed by atoms with Gasteiger partial charge in [-0.15, -0.1) is 0 Å². The summed E-state index contributed by atoms with van der Waals surface area (Å²) in [6, 6.07) is 91.4. The molecule has 0 radical (unpaired) electrons. The number of para-hydroxylation sites is 4. The molecule has 0 N–H and O–H groups in total. The zero-order valence-electron chi connectivity index (χ0n) is 41.6. The quantitative estimate of drug-likeness (QED) is 0.112. The predicted molar refractivity (Wildman–Crippen MR) is 316 cm³/mol. The van der Waals surface area contributed by atoms with Crippen molar-refractivity contribution in [2.75, 3.05) is 0 Å². The molecule has 6 heteroatoms. The van der Waals surface area contributed by atoms with Gasteiger partial charge in [0.1, 0.15) is 0 Å². The number of rotatable bonds is 0. The third-order valence-corrected chi connectivity index (χ3v) is 17.9. The summed E-state index contributed by atoms with van der Waals surface area (Å²) >= 11 is 3.82. The van der Waals surface area contributed by atoms with Gasteiger partial charge < -0.3 is 21.0 Å². The van der Waals surface area contributed by atoms with Gasteiger partial charge in [-0.3, -0.25) is 0 Å². The molecule has 366 valence electrons. The minimum Gasteiger partial charge on any atom is -0.512 e. The summed E-state index contributed by atoms with van der Waals surface area (Å²) in [7, 11) is 0. The van der Waals surface area contributed by atoms with Crippen LogP contribution in [0.4, 0.5) is 0 Å². The standard InChI is InChI=1S/C36H20N2.C35H20BrN.CN.Cu/c37-21-22-16-18-26-25-10-3-4-12-28(25)36(31(26)20-22)29-13-5-6-15-32(29)38-33-19-17-23-8-1-2-9-24(23)34(33)27-11-7-14-30(36)35(27)38;36-22-17-18-25-24-10-3-4-12-27(24)35(30(25)20-22)28-13-5-6-15-31(28)37-32-19-16-21-8-1-2-9-23(21)33(32)26-11-7-14-29(35)34(26)37;1-2;/h1-20H;1-20H;;/q;;-1;+1. The summed E-state index contributed by atoms with van der Waals surface area (Å²) in [5, 5.41) is 26.5. The molecule has 0 bridgehead atoms. The van der Waals surface area contributed by atoms with E-state index < -0.39 is 5.41 Å². The van der Waals surface area contributed by atoms with Gasteiger partial charge in [-0.05, 0) is 137 Å². The van der Waals surface area contributed by atoms with E-state index in [0.29, 0.717) is 5.56 Å². The van der Waals surface area contributed by atoms with Gasteiger partial charge in [0.2, 0.25) is 0 Å². The zero-order valence-corrected chi connectivity index (χ0v) is 44.1. The van der Waals surface area contributed by atoms with Crippen LogP contribution in [-0.4, -0.2) is 9.13 Å². The van der Waals surface area contributed by atoms with E-state index in [2.05, 4.69) is 268 Å². The maximum atomic E-state index is 9.92. The maximum Gasteiger partial charge on any atom is 1.00 e. The molecule has 4 nitrogen and oxygen atoms in total. The summed E-state index contributed by atoms with van der Waals surface area (Å²) in [5.41, 5.74) is 22.8. The summed E-state index contributed by atoms with van der Waals surface area (Å²) in [4.78, 5) is 0.